The molecule has 94 valence electrons. The van der Waals surface area contributed by atoms with Crippen LogP contribution < -0.4 is 5.73 Å². The molecule has 0 saturated carbocycles. The number of rotatable bonds is 2. The maximum atomic E-state index is 5.85. The lowest BCUT2D eigenvalue weighted by Crippen LogP contribution is -2.30. The Kier molecular flexibility index (Phi) is 3.06. The molecule has 1 aromatic heterocycles. The summed E-state index contributed by atoms with van der Waals surface area (Å²) in [7, 11) is 0. The summed E-state index contributed by atoms with van der Waals surface area (Å²) < 4.78 is 0. The van der Waals surface area contributed by atoms with Gasteiger partial charge in [0.15, 0.2) is 0 Å². The molecule has 1 aliphatic heterocycles. The first-order valence-electron chi connectivity index (χ1n) is 6.21. The Morgan fingerprint density at radius 1 is 1.39 bits per heavy atom. The van der Waals surface area contributed by atoms with E-state index in [1.807, 2.05) is 13.0 Å². The smallest absolute Gasteiger partial charge is 0.107 e. The van der Waals surface area contributed by atoms with Crippen LogP contribution in [0, 0.1) is 6.92 Å². The monoisotopic (exact) mass is 259 g/mol. The first kappa shape index (κ1) is 11.7. The van der Waals surface area contributed by atoms with Crippen LogP contribution in [-0.2, 0) is 19.5 Å². The molecule has 0 aliphatic carbocycles. The first-order chi connectivity index (χ1) is 8.70. The molecule has 3 nitrogen and oxygen atoms in total. The Labute approximate surface area is 111 Å². The van der Waals surface area contributed by atoms with Gasteiger partial charge in [0, 0.05) is 29.9 Å². The summed E-state index contributed by atoms with van der Waals surface area (Å²) in [5.74, 6) is 0. The molecule has 2 aromatic rings. The Morgan fingerprint density at radius 2 is 2.28 bits per heavy atom. The van der Waals surface area contributed by atoms with Crippen LogP contribution in [0.2, 0.25) is 0 Å². The number of benzene rings is 1. The maximum Gasteiger partial charge on any atom is 0.107 e. The zero-order chi connectivity index (χ0) is 12.5. The summed E-state index contributed by atoms with van der Waals surface area (Å²) in [4.78, 5) is 6.97. The van der Waals surface area contributed by atoms with Crippen molar-refractivity contribution < 1.29 is 0 Å². The second-order valence-corrected chi connectivity index (χ2v) is 5.81. The SMILES string of the molecule is Cc1csc(CN2CCc3ccc(N)cc3C2)n1. The zero-order valence-corrected chi connectivity index (χ0v) is 11.3. The van der Waals surface area contributed by atoms with E-state index >= 15 is 0 Å². The van der Waals surface area contributed by atoms with Gasteiger partial charge < -0.3 is 5.73 Å². The molecular formula is C14H17N3S. The average Bonchev–Trinajstić information content (AvgIpc) is 2.74. The molecule has 0 bridgehead atoms. The van der Waals surface area contributed by atoms with Gasteiger partial charge in [0.25, 0.3) is 0 Å². The number of anilines is 1. The molecule has 4 heteroatoms. The summed E-state index contributed by atoms with van der Waals surface area (Å²) in [6, 6.07) is 6.27. The van der Waals surface area contributed by atoms with Crippen LogP contribution in [0.3, 0.4) is 0 Å². The fourth-order valence-corrected chi connectivity index (χ4v) is 3.25. The highest BCUT2D eigenvalue weighted by Crippen LogP contribution is 2.23. The molecule has 3 rings (SSSR count). The van der Waals surface area contributed by atoms with Crippen LogP contribution in [0.15, 0.2) is 23.6 Å². The zero-order valence-electron chi connectivity index (χ0n) is 10.5. The lowest BCUT2D eigenvalue weighted by Gasteiger charge is -2.28. The number of hydrogen-bond donors (Lipinski definition) is 1. The van der Waals surface area contributed by atoms with Crippen molar-refractivity contribution in [2.75, 3.05) is 12.3 Å². The molecule has 0 radical (unpaired) electrons. The fraction of sp³-hybridized carbons (Fsp3) is 0.357. The number of nitrogens with two attached hydrogens (primary N) is 1. The van der Waals surface area contributed by atoms with E-state index in [9.17, 15) is 0 Å². The number of aryl methyl sites for hydroxylation is 1. The lowest BCUT2D eigenvalue weighted by molar-refractivity contribution is 0.245. The molecule has 1 aromatic carbocycles. The quantitative estimate of drug-likeness (QED) is 0.843. The van der Waals surface area contributed by atoms with Crippen LogP contribution in [0.5, 0.6) is 0 Å². The second-order valence-electron chi connectivity index (χ2n) is 4.87. The molecule has 2 N–H and O–H groups in total. The van der Waals surface area contributed by atoms with E-state index in [0.717, 1.165) is 37.4 Å². The summed E-state index contributed by atoms with van der Waals surface area (Å²) in [5, 5.41) is 3.32. The van der Waals surface area contributed by atoms with Gasteiger partial charge in [-0.25, -0.2) is 4.98 Å². The van der Waals surface area contributed by atoms with E-state index in [0.29, 0.717) is 0 Å². The van der Waals surface area contributed by atoms with Gasteiger partial charge in [-0.2, -0.15) is 0 Å². The van der Waals surface area contributed by atoms with E-state index in [1.54, 1.807) is 11.3 Å². The lowest BCUT2D eigenvalue weighted by atomic mass is 9.99. The highest BCUT2D eigenvalue weighted by Gasteiger charge is 2.17. The van der Waals surface area contributed by atoms with E-state index in [2.05, 4.69) is 27.4 Å². The Morgan fingerprint density at radius 3 is 3.06 bits per heavy atom. The summed E-state index contributed by atoms with van der Waals surface area (Å²) in [5.41, 5.74) is 10.6. The average molecular weight is 259 g/mol. The Balaban J connectivity index is 1.74. The normalized spacial score (nSPS) is 15.6. The van der Waals surface area contributed by atoms with Gasteiger partial charge in [-0.1, -0.05) is 6.07 Å². The molecule has 0 spiro atoms. The first-order valence-corrected chi connectivity index (χ1v) is 7.09. The molecule has 0 atom stereocenters. The predicted octanol–water partition coefficient (Wildman–Crippen LogP) is 2.59. The topological polar surface area (TPSA) is 42.1 Å². The molecular weight excluding hydrogens is 242 g/mol. The van der Waals surface area contributed by atoms with Crippen LogP contribution in [0.1, 0.15) is 21.8 Å². The van der Waals surface area contributed by atoms with Crippen molar-refractivity contribution in [3.05, 3.63) is 45.4 Å². The highest BCUT2D eigenvalue weighted by atomic mass is 32.1. The maximum absolute atomic E-state index is 5.85. The number of thiazole rings is 1. The van der Waals surface area contributed by atoms with Crippen molar-refractivity contribution in [3.8, 4) is 0 Å². The van der Waals surface area contributed by atoms with Crippen molar-refractivity contribution in [1.82, 2.24) is 9.88 Å². The van der Waals surface area contributed by atoms with Gasteiger partial charge in [0.1, 0.15) is 5.01 Å². The third-order valence-corrected chi connectivity index (χ3v) is 4.30. The summed E-state index contributed by atoms with van der Waals surface area (Å²) in [6.07, 6.45) is 1.11. The van der Waals surface area contributed by atoms with E-state index in [4.69, 9.17) is 5.73 Å². The number of aromatic nitrogens is 1. The van der Waals surface area contributed by atoms with Crippen molar-refractivity contribution in [2.24, 2.45) is 0 Å². The van der Waals surface area contributed by atoms with Gasteiger partial charge >= 0.3 is 0 Å². The van der Waals surface area contributed by atoms with Crippen molar-refractivity contribution >= 4 is 17.0 Å². The van der Waals surface area contributed by atoms with Crippen molar-refractivity contribution in [2.45, 2.75) is 26.4 Å². The summed E-state index contributed by atoms with van der Waals surface area (Å²) in [6.45, 7) is 5.09. The second kappa shape index (κ2) is 4.71. The highest BCUT2D eigenvalue weighted by molar-refractivity contribution is 7.09. The fourth-order valence-electron chi connectivity index (χ4n) is 2.44. The third-order valence-electron chi connectivity index (χ3n) is 3.35. The predicted molar refractivity (Wildman–Crippen MR) is 75.5 cm³/mol. The molecule has 0 amide bonds. The van der Waals surface area contributed by atoms with E-state index < -0.39 is 0 Å². The largest absolute Gasteiger partial charge is 0.399 e. The molecule has 1 aliphatic rings. The Hall–Kier alpha value is -1.39. The van der Waals surface area contributed by atoms with Crippen molar-refractivity contribution in [1.29, 1.82) is 0 Å². The van der Waals surface area contributed by atoms with Crippen LogP contribution in [0.4, 0.5) is 5.69 Å². The molecule has 0 saturated heterocycles. The minimum atomic E-state index is 0.862. The number of hydrogen-bond acceptors (Lipinski definition) is 4. The van der Waals surface area contributed by atoms with E-state index in [1.165, 1.54) is 16.1 Å². The van der Waals surface area contributed by atoms with Crippen LogP contribution >= 0.6 is 11.3 Å². The van der Waals surface area contributed by atoms with Gasteiger partial charge in [-0.15, -0.1) is 11.3 Å². The van der Waals surface area contributed by atoms with Crippen LogP contribution in [-0.4, -0.2) is 16.4 Å². The summed E-state index contributed by atoms with van der Waals surface area (Å²) >= 11 is 1.75. The van der Waals surface area contributed by atoms with Crippen molar-refractivity contribution in [3.63, 3.8) is 0 Å². The Bertz CT molecular complexity index is 562. The van der Waals surface area contributed by atoms with E-state index in [-0.39, 0.29) is 0 Å². The van der Waals surface area contributed by atoms with Gasteiger partial charge in [-0.05, 0) is 36.6 Å². The molecule has 0 fully saturated rings. The van der Waals surface area contributed by atoms with Gasteiger partial charge in [0.05, 0.1) is 6.54 Å². The van der Waals surface area contributed by atoms with Gasteiger partial charge in [0.2, 0.25) is 0 Å². The minimum absolute atomic E-state index is 0.862. The minimum Gasteiger partial charge on any atom is -0.399 e. The number of nitrogens with zero attached hydrogens (tertiary/aromatic N) is 2. The van der Waals surface area contributed by atoms with Crippen LogP contribution in [0.25, 0.3) is 0 Å². The van der Waals surface area contributed by atoms with Gasteiger partial charge in [-0.3, -0.25) is 4.90 Å². The molecule has 2 heterocycles. The standard InChI is InChI=1S/C14H17N3S/c1-10-9-18-14(16-10)8-17-5-4-11-2-3-13(15)6-12(11)7-17/h2-3,6,9H,4-5,7-8,15H2,1H3. The number of nitrogen functional groups attached to an aromatic ring is 1. The third kappa shape index (κ3) is 2.40. The molecule has 0 unspecified atom stereocenters. The number of fused-ring (bicyclic) bond motifs is 1. The molecule has 18 heavy (non-hydrogen) atoms.